The van der Waals surface area contributed by atoms with Gasteiger partial charge in [0.2, 0.25) is 5.91 Å². The van der Waals surface area contributed by atoms with Crippen LogP contribution in [0.25, 0.3) is 0 Å². The van der Waals surface area contributed by atoms with Gasteiger partial charge < -0.3 is 26.4 Å². The zero-order valence-electron chi connectivity index (χ0n) is 12.7. The van der Waals surface area contributed by atoms with Crippen LogP contribution < -0.4 is 11.1 Å². The molecule has 25 heavy (non-hydrogen) atoms. The monoisotopic (exact) mass is 370 g/mol. The van der Waals surface area contributed by atoms with Crippen molar-refractivity contribution in [3.05, 3.63) is 24.8 Å². The summed E-state index contributed by atoms with van der Waals surface area (Å²) in [5.41, 5.74) is 5.35. The van der Waals surface area contributed by atoms with E-state index in [0.29, 0.717) is 0 Å². The summed E-state index contributed by atoms with van der Waals surface area (Å²) in [6.45, 7) is 6.80. The summed E-state index contributed by atoms with van der Waals surface area (Å²) in [4.78, 5) is 41.6. The van der Waals surface area contributed by atoms with E-state index >= 15 is 0 Å². The lowest BCUT2D eigenvalue weighted by Gasteiger charge is -2.15. The number of carboxylic acids is 3. The Labute approximate surface area is 139 Å². The van der Waals surface area contributed by atoms with Gasteiger partial charge in [0.25, 0.3) is 0 Å². The zero-order chi connectivity index (χ0) is 20.4. The van der Waals surface area contributed by atoms with Crippen LogP contribution in [0.5, 0.6) is 0 Å². The zero-order valence-corrected chi connectivity index (χ0v) is 12.7. The lowest BCUT2D eigenvalue weighted by atomic mass is 10.1. The average molecular weight is 370 g/mol. The van der Waals surface area contributed by atoms with Crippen LogP contribution in [0.3, 0.4) is 0 Å². The topological polar surface area (TPSA) is 167 Å². The van der Waals surface area contributed by atoms with Crippen molar-refractivity contribution in [2.45, 2.75) is 31.1 Å². The summed E-state index contributed by atoms with van der Waals surface area (Å²) in [5.74, 6) is -5.85. The van der Waals surface area contributed by atoms with Crippen LogP contribution in [0.1, 0.15) is 12.8 Å². The quantitative estimate of drug-likeness (QED) is 0.376. The Morgan fingerprint density at radius 1 is 1.12 bits per heavy atom. The number of nitrogens with two attached hydrogens (primary N) is 1. The molecule has 2 atom stereocenters. The lowest BCUT2D eigenvalue weighted by Crippen LogP contribution is -2.42. The number of carbonyl (C=O) groups is 4. The first-order valence-electron chi connectivity index (χ1n) is 6.35. The molecule has 142 valence electrons. The van der Waals surface area contributed by atoms with Crippen molar-refractivity contribution in [1.29, 1.82) is 0 Å². The molecular formula is C13H17F3N2O7. The van der Waals surface area contributed by atoms with E-state index < -0.39 is 42.1 Å². The van der Waals surface area contributed by atoms with Gasteiger partial charge >= 0.3 is 24.1 Å². The molecule has 0 fully saturated rings. The Balaban J connectivity index is 0. The van der Waals surface area contributed by atoms with Crippen molar-refractivity contribution in [3.63, 3.8) is 0 Å². The third kappa shape index (κ3) is 11.3. The molecular weight excluding hydrogens is 353 g/mol. The van der Waals surface area contributed by atoms with Crippen molar-refractivity contribution >= 4 is 23.8 Å². The summed E-state index contributed by atoms with van der Waals surface area (Å²) in [6.07, 6.45) is -4.11. The summed E-state index contributed by atoms with van der Waals surface area (Å²) in [5, 5.41) is 26.7. The van der Waals surface area contributed by atoms with Crippen molar-refractivity contribution in [2.75, 3.05) is 0 Å². The minimum absolute atomic E-state index is 0.0753. The second kappa shape index (κ2) is 10.8. The number of amides is 1. The van der Waals surface area contributed by atoms with Gasteiger partial charge in [-0.2, -0.15) is 13.2 Å². The minimum atomic E-state index is -5.08. The Hall–Kier alpha value is -2.89. The Bertz CT molecular complexity index is 546. The van der Waals surface area contributed by atoms with Gasteiger partial charge in [0.1, 0.15) is 6.04 Å². The fourth-order valence-electron chi connectivity index (χ4n) is 1.07. The molecule has 9 nitrogen and oxygen atoms in total. The van der Waals surface area contributed by atoms with Crippen LogP contribution in [0.2, 0.25) is 0 Å². The molecule has 0 aliphatic carbocycles. The van der Waals surface area contributed by atoms with Gasteiger partial charge in [-0.05, 0) is 12.0 Å². The molecule has 0 rings (SSSR count). The molecule has 0 aliphatic rings. The largest absolute Gasteiger partial charge is 0.490 e. The number of alkyl halides is 3. The maximum absolute atomic E-state index is 11.4. The van der Waals surface area contributed by atoms with Crippen molar-refractivity contribution in [3.8, 4) is 0 Å². The van der Waals surface area contributed by atoms with E-state index in [1.807, 2.05) is 0 Å². The van der Waals surface area contributed by atoms with Crippen molar-refractivity contribution in [2.24, 2.45) is 5.73 Å². The summed E-state index contributed by atoms with van der Waals surface area (Å²) < 4.78 is 31.7. The van der Waals surface area contributed by atoms with Crippen LogP contribution in [0, 0.1) is 0 Å². The van der Waals surface area contributed by atoms with Crippen LogP contribution >= 0.6 is 0 Å². The molecule has 0 heterocycles. The highest BCUT2D eigenvalue weighted by Crippen LogP contribution is 2.13. The fourth-order valence-corrected chi connectivity index (χ4v) is 1.07. The summed E-state index contributed by atoms with van der Waals surface area (Å²) in [7, 11) is 0. The van der Waals surface area contributed by atoms with Gasteiger partial charge in [-0.25, -0.2) is 9.59 Å². The van der Waals surface area contributed by atoms with E-state index in [4.69, 9.17) is 25.8 Å². The molecule has 0 bridgehead atoms. The molecule has 12 heteroatoms. The molecule has 1 amide bonds. The summed E-state index contributed by atoms with van der Waals surface area (Å²) >= 11 is 0. The molecule has 0 saturated heterocycles. The average Bonchev–Trinajstić information content (AvgIpc) is 2.48. The molecule has 0 spiro atoms. The predicted molar refractivity (Wildman–Crippen MR) is 77.4 cm³/mol. The maximum Gasteiger partial charge on any atom is 0.490 e. The molecule has 1 unspecified atom stereocenters. The van der Waals surface area contributed by atoms with Gasteiger partial charge in [0.05, 0.1) is 0 Å². The number of aliphatic carboxylic acids is 3. The molecule has 0 aromatic carbocycles. The Morgan fingerprint density at radius 3 is 1.84 bits per heavy atom. The number of nitrogens with one attached hydrogen (secondary N) is 1. The summed E-state index contributed by atoms with van der Waals surface area (Å²) in [6, 6.07) is -2.42. The predicted octanol–water partition coefficient (Wildman–Crippen LogP) is 0.123. The number of hydrogen-bond donors (Lipinski definition) is 5. The van der Waals surface area contributed by atoms with Gasteiger partial charge in [-0.15, -0.1) is 0 Å². The van der Waals surface area contributed by atoms with Crippen LogP contribution in [-0.2, 0) is 19.2 Å². The molecule has 0 aromatic heterocycles. The number of hydrogen-bond acceptors (Lipinski definition) is 5. The first-order valence-corrected chi connectivity index (χ1v) is 6.35. The normalized spacial score (nSPS) is 12.6. The van der Waals surface area contributed by atoms with Gasteiger partial charge in [0.15, 0.2) is 6.04 Å². The van der Waals surface area contributed by atoms with E-state index in [-0.39, 0.29) is 18.4 Å². The van der Waals surface area contributed by atoms with Crippen molar-refractivity contribution < 1.29 is 47.7 Å². The minimum Gasteiger partial charge on any atom is -0.480 e. The van der Waals surface area contributed by atoms with E-state index in [1.54, 1.807) is 0 Å². The third-order valence-corrected chi connectivity index (χ3v) is 2.43. The van der Waals surface area contributed by atoms with Gasteiger partial charge in [-0.3, -0.25) is 9.59 Å². The first-order chi connectivity index (χ1) is 11.2. The SMILES string of the molecule is C=CC(=C)C(NC(=O)CC[C@H](N)C(=O)O)C(=O)O.O=C(O)C(F)(F)F. The van der Waals surface area contributed by atoms with Crippen LogP contribution in [0.15, 0.2) is 24.8 Å². The number of rotatable bonds is 8. The first kappa shape index (κ1) is 24.4. The van der Waals surface area contributed by atoms with Crippen LogP contribution in [0.4, 0.5) is 13.2 Å². The molecule has 0 aromatic rings. The highest BCUT2D eigenvalue weighted by atomic mass is 19.4. The van der Waals surface area contributed by atoms with Crippen LogP contribution in [-0.4, -0.2) is 57.4 Å². The Kier molecular flexibility index (Phi) is 10.5. The lowest BCUT2D eigenvalue weighted by molar-refractivity contribution is -0.192. The number of carboxylic acid groups (broad SMARTS) is 3. The van der Waals surface area contributed by atoms with E-state index in [0.717, 1.165) is 0 Å². The maximum atomic E-state index is 11.4. The van der Waals surface area contributed by atoms with E-state index in [2.05, 4.69) is 18.5 Å². The standard InChI is InChI=1S/C11H16N2O5.C2HF3O2/c1-3-6(2)9(11(17)18)13-8(14)5-4-7(12)10(15)16;3-2(4,5)1(6)7/h3,7,9H,1-2,4-5,12H2,(H,13,14)(H,15,16)(H,17,18);(H,6,7)/t7-,9?;/m0./s1. The highest BCUT2D eigenvalue weighted by Gasteiger charge is 2.38. The number of halogens is 3. The van der Waals surface area contributed by atoms with E-state index in [1.165, 1.54) is 6.08 Å². The second-order valence-corrected chi connectivity index (χ2v) is 4.40. The fraction of sp³-hybridized carbons (Fsp3) is 0.385. The third-order valence-electron chi connectivity index (χ3n) is 2.43. The molecule has 6 N–H and O–H groups in total. The second-order valence-electron chi connectivity index (χ2n) is 4.40. The number of carbonyl (C=O) groups excluding carboxylic acids is 1. The van der Waals surface area contributed by atoms with Gasteiger partial charge in [-0.1, -0.05) is 19.2 Å². The highest BCUT2D eigenvalue weighted by molar-refractivity contribution is 5.86. The Morgan fingerprint density at radius 2 is 1.56 bits per heavy atom. The van der Waals surface area contributed by atoms with Gasteiger partial charge in [0, 0.05) is 6.42 Å². The van der Waals surface area contributed by atoms with E-state index in [9.17, 15) is 27.6 Å². The molecule has 0 saturated carbocycles. The molecule has 0 radical (unpaired) electrons. The van der Waals surface area contributed by atoms with Crippen molar-refractivity contribution in [1.82, 2.24) is 5.32 Å². The molecule has 0 aliphatic heterocycles. The smallest absolute Gasteiger partial charge is 0.480 e.